The van der Waals surface area contributed by atoms with Gasteiger partial charge in [-0.1, -0.05) is 13.0 Å². The van der Waals surface area contributed by atoms with Crippen LogP contribution >= 0.6 is 0 Å². The molecule has 5 heterocycles. The third kappa shape index (κ3) is 5.54. The molecule has 2 saturated heterocycles. The molecule has 13 nitrogen and oxygen atoms in total. The first-order valence-corrected chi connectivity index (χ1v) is 13.7. The number of piperazine rings is 1. The summed E-state index contributed by atoms with van der Waals surface area (Å²) in [5, 5.41) is 3.59. The number of hydrogen-bond donors (Lipinski definition) is 2. The molecule has 2 aliphatic rings. The van der Waals surface area contributed by atoms with Crippen LogP contribution in [-0.2, 0) is 4.74 Å². The van der Waals surface area contributed by atoms with Gasteiger partial charge in [-0.15, -0.1) is 0 Å². The average Bonchev–Trinajstić information content (AvgIpc) is 3.46. The van der Waals surface area contributed by atoms with Crippen LogP contribution in [0.4, 0.5) is 22.4 Å². The van der Waals surface area contributed by atoms with E-state index in [1.807, 2.05) is 9.80 Å². The molecule has 3 aromatic heterocycles. The predicted molar refractivity (Wildman–Crippen MR) is 155 cm³/mol. The normalized spacial score (nSPS) is 16.2. The monoisotopic (exact) mass is 556 g/mol. The number of ether oxygens (including phenoxy) is 1. The first kappa shape index (κ1) is 26.6. The van der Waals surface area contributed by atoms with E-state index in [2.05, 4.69) is 27.1 Å². The lowest BCUT2D eigenvalue weighted by atomic mass is 10.1. The largest absolute Gasteiger partial charge is 0.378 e. The van der Waals surface area contributed by atoms with Crippen LogP contribution in [0.1, 0.15) is 17.3 Å². The molecule has 2 aliphatic heterocycles. The summed E-state index contributed by atoms with van der Waals surface area (Å²) in [6, 6.07) is 8.41. The molecule has 13 heteroatoms. The molecular formula is C28H32N10O3. The summed E-state index contributed by atoms with van der Waals surface area (Å²) >= 11 is 0. The van der Waals surface area contributed by atoms with Gasteiger partial charge in [0.05, 0.1) is 18.9 Å². The van der Waals surface area contributed by atoms with Gasteiger partial charge in [-0.05, 0) is 30.8 Å². The van der Waals surface area contributed by atoms with Gasteiger partial charge < -0.3 is 30.5 Å². The minimum Gasteiger partial charge on any atom is -0.378 e. The Morgan fingerprint density at radius 3 is 2.49 bits per heavy atom. The second kappa shape index (κ2) is 11.5. The fourth-order valence-corrected chi connectivity index (χ4v) is 5.12. The summed E-state index contributed by atoms with van der Waals surface area (Å²) in [5.41, 5.74) is 8.45. The maximum absolute atomic E-state index is 13.5. The molecule has 2 amide bonds. The zero-order valence-electron chi connectivity index (χ0n) is 22.9. The maximum atomic E-state index is 13.5. The number of rotatable bonds is 5. The summed E-state index contributed by atoms with van der Waals surface area (Å²) in [5.74, 6) is 0.603. The van der Waals surface area contributed by atoms with Gasteiger partial charge in [-0.3, -0.25) is 9.36 Å². The lowest BCUT2D eigenvalue weighted by Crippen LogP contribution is -2.48. The predicted octanol–water partition coefficient (Wildman–Crippen LogP) is 2.17. The molecule has 41 heavy (non-hydrogen) atoms. The van der Waals surface area contributed by atoms with Gasteiger partial charge >= 0.3 is 6.03 Å². The third-order valence-corrected chi connectivity index (χ3v) is 7.46. The second-order valence-corrected chi connectivity index (χ2v) is 9.96. The number of carbonyl (C=O) groups is 2. The Labute approximate surface area is 236 Å². The summed E-state index contributed by atoms with van der Waals surface area (Å²) < 4.78 is 6.94. The first-order chi connectivity index (χ1) is 20.0. The summed E-state index contributed by atoms with van der Waals surface area (Å²) in [6.07, 6.45) is 4.87. The van der Waals surface area contributed by atoms with Crippen molar-refractivity contribution in [2.75, 3.05) is 75.0 Å². The Morgan fingerprint density at radius 2 is 1.76 bits per heavy atom. The van der Waals surface area contributed by atoms with E-state index in [0.29, 0.717) is 78.9 Å². The van der Waals surface area contributed by atoms with E-state index < -0.39 is 6.03 Å². The minimum atomic E-state index is -0.410. The number of nitrogens with zero attached hydrogens (tertiary/aromatic N) is 8. The van der Waals surface area contributed by atoms with Crippen LogP contribution in [0, 0.1) is 0 Å². The molecule has 0 atom stereocenters. The van der Waals surface area contributed by atoms with Crippen molar-refractivity contribution in [2.45, 2.75) is 6.92 Å². The lowest BCUT2D eigenvalue weighted by molar-refractivity contribution is 0.0643. The van der Waals surface area contributed by atoms with Gasteiger partial charge in [0.25, 0.3) is 5.91 Å². The molecule has 3 N–H and O–H groups in total. The average molecular weight is 557 g/mol. The number of fused-ring (bicyclic) bond motifs is 1. The Balaban J connectivity index is 1.29. The number of carbonyl (C=O) groups excluding carboxylic acids is 2. The third-order valence-electron chi connectivity index (χ3n) is 7.46. The van der Waals surface area contributed by atoms with Crippen molar-refractivity contribution in [3.05, 3.63) is 54.5 Å². The van der Waals surface area contributed by atoms with Gasteiger partial charge in [0.1, 0.15) is 0 Å². The fourth-order valence-electron chi connectivity index (χ4n) is 5.12. The van der Waals surface area contributed by atoms with Gasteiger partial charge in [0, 0.05) is 80.1 Å². The summed E-state index contributed by atoms with van der Waals surface area (Å²) in [6.45, 7) is 8.58. The van der Waals surface area contributed by atoms with E-state index in [-0.39, 0.29) is 11.9 Å². The molecule has 0 unspecified atom stereocenters. The molecule has 4 aromatic rings. The van der Waals surface area contributed by atoms with Gasteiger partial charge in [-0.2, -0.15) is 4.98 Å². The van der Waals surface area contributed by atoms with Crippen LogP contribution in [0.15, 0.2) is 48.9 Å². The van der Waals surface area contributed by atoms with Crippen LogP contribution in [0.3, 0.4) is 0 Å². The standard InChI is InChI=1S/C28H32N10O3/c1-2-35-8-10-36(11-9-35)25(39)19-4-3-5-21(16-19)32-28(40)38-7-6-22-23(20-17-30-26(29)31-18-20)33-27(34-24(22)38)37-12-14-41-15-13-37/h3-7,16-18H,2,8-15H2,1H3,(H,32,40)(H2,29,30,31). The highest BCUT2D eigenvalue weighted by Gasteiger charge is 2.23. The highest BCUT2D eigenvalue weighted by atomic mass is 16.5. The van der Waals surface area contributed by atoms with Crippen molar-refractivity contribution < 1.29 is 14.3 Å². The minimum absolute atomic E-state index is 0.0403. The van der Waals surface area contributed by atoms with E-state index in [1.54, 1.807) is 48.9 Å². The first-order valence-electron chi connectivity index (χ1n) is 13.7. The van der Waals surface area contributed by atoms with Crippen LogP contribution in [0.25, 0.3) is 22.3 Å². The van der Waals surface area contributed by atoms with Crippen molar-refractivity contribution in [3.8, 4) is 11.3 Å². The van der Waals surface area contributed by atoms with Crippen LogP contribution in [0.5, 0.6) is 0 Å². The second-order valence-electron chi connectivity index (χ2n) is 9.96. The van der Waals surface area contributed by atoms with E-state index in [9.17, 15) is 9.59 Å². The van der Waals surface area contributed by atoms with E-state index >= 15 is 0 Å². The van der Waals surface area contributed by atoms with Crippen LogP contribution in [-0.4, -0.2) is 105 Å². The molecule has 0 radical (unpaired) electrons. The zero-order valence-corrected chi connectivity index (χ0v) is 22.9. The molecule has 0 saturated carbocycles. The Hall–Kier alpha value is -4.62. The van der Waals surface area contributed by atoms with Gasteiger partial charge in [-0.25, -0.2) is 19.7 Å². The summed E-state index contributed by atoms with van der Waals surface area (Å²) in [4.78, 5) is 50.7. The van der Waals surface area contributed by atoms with E-state index in [4.69, 9.17) is 20.4 Å². The fraction of sp³-hybridized carbons (Fsp3) is 0.357. The number of morpholine rings is 1. The van der Waals surface area contributed by atoms with Crippen molar-refractivity contribution >= 4 is 40.6 Å². The van der Waals surface area contributed by atoms with E-state index in [0.717, 1.165) is 19.6 Å². The Kier molecular flexibility index (Phi) is 7.44. The summed E-state index contributed by atoms with van der Waals surface area (Å²) in [7, 11) is 0. The molecule has 0 spiro atoms. The molecule has 2 fully saturated rings. The van der Waals surface area contributed by atoms with Crippen molar-refractivity contribution in [1.82, 2.24) is 34.3 Å². The lowest BCUT2D eigenvalue weighted by Gasteiger charge is -2.34. The number of hydrogen-bond acceptors (Lipinski definition) is 10. The van der Waals surface area contributed by atoms with Crippen LogP contribution in [0.2, 0.25) is 0 Å². The molecule has 6 rings (SSSR count). The molecule has 0 aliphatic carbocycles. The number of nitrogen functional groups attached to an aromatic ring is 1. The molecular weight excluding hydrogens is 524 g/mol. The highest BCUT2D eigenvalue weighted by molar-refractivity contribution is 6.02. The number of amides is 2. The van der Waals surface area contributed by atoms with Crippen molar-refractivity contribution in [2.24, 2.45) is 0 Å². The Morgan fingerprint density at radius 1 is 1.00 bits per heavy atom. The molecule has 212 valence electrons. The molecule has 0 bridgehead atoms. The van der Waals surface area contributed by atoms with Crippen LogP contribution < -0.4 is 16.0 Å². The van der Waals surface area contributed by atoms with E-state index in [1.165, 1.54) is 4.57 Å². The quantitative estimate of drug-likeness (QED) is 0.375. The van der Waals surface area contributed by atoms with Crippen molar-refractivity contribution in [3.63, 3.8) is 0 Å². The number of nitrogens with two attached hydrogens (primary N) is 1. The maximum Gasteiger partial charge on any atom is 0.331 e. The number of aromatic nitrogens is 5. The SMILES string of the molecule is CCN1CCN(C(=O)c2cccc(NC(=O)n3ccc4c(-c5cnc(N)nc5)nc(N5CCOCC5)nc43)c2)CC1. The Bertz CT molecular complexity index is 1560. The topological polar surface area (TPSA) is 148 Å². The molecule has 1 aromatic carbocycles. The zero-order chi connectivity index (χ0) is 28.3. The van der Waals surface area contributed by atoms with Gasteiger partial charge in [0.2, 0.25) is 11.9 Å². The highest BCUT2D eigenvalue weighted by Crippen LogP contribution is 2.29. The number of likely N-dealkylation sites (N-methyl/N-ethyl adjacent to an activating group) is 1. The van der Waals surface area contributed by atoms with Crippen molar-refractivity contribution in [1.29, 1.82) is 0 Å². The smallest absolute Gasteiger partial charge is 0.331 e. The number of benzene rings is 1. The van der Waals surface area contributed by atoms with Gasteiger partial charge in [0.15, 0.2) is 5.65 Å². The number of anilines is 3. The number of nitrogens with one attached hydrogen (secondary N) is 1.